The number of furan rings is 1. The van der Waals surface area contributed by atoms with Crippen LogP contribution in [0.25, 0.3) is 11.3 Å². The zero-order chi connectivity index (χ0) is 9.26. The second-order valence-corrected chi connectivity index (χ2v) is 3.09. The van der Waals surface area contributed by atoms with Gasteiger partial charge >= 0.3 is 0 Å². The third-order valence-electron chi connectivity index (χ3n) is 1.84. The smallest absolute Gasteiger partial charge is 0.135 e. The predicted octanol–water partition coefficient (Wildman–Crippen LogP) is 3.18. The Bertz CT molecular complexity index is 409. The third kappa shape index (κ3) is 1.40. The first-order chi connectivity index (χ1) is 6.29. The topological polar surface area (TPSA) is 39.2 Å². The van der Waals surface area contributed by atoms with Crippen LogP contribution in [-0.4, -0.2) is 0 Å². The maximum atomic E-state index is 5.86. The van der Waals surface area contributed by atoms with Crippen LogP contribution in [0.5, 0.6) is 0 Å². The predicted molar refractivity (Wildman–Crippen MR) is 53.6 cm³/mol. The number of hydrogen-bond donors (Lipinski definition) is 1. The van der Waals surface area contributed by atoms with Crippen molar-refractivity contribution in [1.29, 1.82) is 0 Å². The molecule has 1 heterocycles. The van der Waals surface area contributed by atoms with Gasteiger partial charge in [-0.25, -0.2) is 0 Å². The van der Waals surface area contributed by atoms with Crippen molar-refractivity contribution in [3.63, 3.8) is 0 Å². The molecule has 2 nitrogen and oxygen atoms in total. The Kier molecular flexibility index (Phi) is 1.99. The Balaban J connectivity index is 2.59. The second kappa shape index (κ2) is 3.15. The van der Waals surface area contributed by atoms with E-state index < -0.39 is 0 Å². The fourth-order valence-electron chi connectivity index (χ4n) is 1.18. The number of anilines is 1. The summed E-state index contributed by atoms with van der Waals surface area (Å²) in [7, 11) is 0. The first kappa shape index (κ1) is 8.20. The van der Waals surface area contributed by atoms with Gasteiger partial charge in [0.2, 0.25) is 0 Å². The maximum Gasteiger partial charge on any atom is 0.135 e. The van der Waals surface area contributed by atoms with Crippen LogP contribution in [0.1, 0.15) is 0 Å². The quantitative estimate of drug-likeness (QED) is 0.707. The van der Waals surface area contributed by atoms with E-state index in [1.54, 1.807) is 12.3 Å². The van der Waals surface area contributed by atoms with Crippen LogP contribution in [0.2, 0.25) is 5.02 Å². The maximum absolute atomic E-state index is 5.86. The normalized spacial score (nSPS) is 10.2. The average Bonchev–Trinajstić information content (AvgIpc) is 2.62. The van der Waals surface area contributed by atoms with E-state index in [1.165, 1.54) is 0 Å². The molecule has 0 aliphatic carbocycles. The lowest BCUT2D eigenvalue weighted by Crippen LogP contribution is -1.89. The summed E-state index contributed by atoms with van der Waals surface area (Å²) in [5.41, 5.74) is 7.17. The Morgan fingerprint density at radius 2 is 2.00 bits per heavy atom. The second-order valence-electron chi connectivity index (χ2n) is 2.68. The Hall–Kier alpha value is -1.41. The molecule has 0 aliphatic rings. The molecule has 2 aromatic rings. The molecule has 0 saturated heterocycles. The molecule has 1 aromatic carbocycles. The summed E-state index contributed by atoms with van der Waals surface area (Å²) in [5, 5.41) is 0.550. The van der Waals surface area contributed by atoms with E-state index in [-0.39, 0.29) is 0 Å². The van der Waals surface area contributed by atoms with Crippen molar-refractivity contribution in [2.45, 2.75) is 0 Å². The Morgan fingerprint density at radius 3 is 2.69 bits per heavy atom. The van der Waals surface area contributed by atoms with Gasteiger partial charge in [0.15, 0.2) is 0 Å². The van der Waals surface area contributed by atoms with Gasteiger partial charge in [-0.1, -0.05) is 17.7 Å². The summed E-state index contributed by atoms with van der Waals surface area (Å²) in [6.45, 7) is 0. The van der Waals surface area contributed by atoms with Crippen LogP contribution < -0.4 is 5.73 Å². The average molecular weight is 194 g/mol. The zero-order valence-electron chi connectivity index (χ0n) is 6.83. The van der Waals surface area contributed by atoms with Crippen molar-refractivity contribution >= 4 is 17.3 Å². The number of para-hydroxylation sites is 1. The number of rotatable bonds is 1. The van der Waals surface area contributed by atoms with Crippen molar-refractivity contribution in [3.05, 3.63) is 41.6 Å². The number of hydrogen-bond acceptors (Lipinski definition) is 2. The van der Waals surface area contributed by atoms with Crippen LogP contribution in [0.15, 0.2) is 41.0 Å². The highest BCUT2D eigenvalue weighted by Crippen LogP contribution is 2.31. The molecular weight excluding hydrogens is 186 g/mol. The van der Waals surface area contributed by atoms with E-state index in [1.807, 2.05) is 24.3 Å². The molecule has 0 saturated carbocycles. The highest BCUT2D eigenvalue weighted by molar-refractivity contribution is 6.33. The molecule has 0 atom stereocenters. The van der Waals surface area contributed by atoms with Crippen LogP contribution in [0, 0.1) is 0 Å². The van der Waals surface area contributed by atoms with Crippen molar-refractivity contribution in [3.8, 4) is 11.3 Å². The summed E-state index contributed by atoms with van der Waals surface area (Å²) in [5.74, 6) is 0.736. The fourth-order valence-corrected chi connectivity index (χ4v) is 1.36. The monoisotopic (exact) mass is 193 g/mol. The molecule has 0 bridgehead atoms. The summed E-state index contributed by atoms with van der Waals surface area (Å²) in [4.78, 5) is 0. The summed E-state index contributed by atoms with van der Waals surface area (Å²) in [6, 6.07) is 9.14. The van der Waals surface area contributed by atoms with Crippen molar-refractivity contribution < 1.29 is 4.42 Å². The lowest BCUT2D eigenvalue weighted by Gasteiger charge is -2.03. The molecule has 1 aromatic heterocycles. The fraction of sp³-hybridized carbons (Fsp3) is 0. The Labute approximate surface area is 80.9 Å². The molecular formula is C10H8ClNO. The first-order valence-electron chi connectivity index (χ1n) is 3.87. The standard InChI is InChI=1S/C10H8ClNO/c11-8-4-1-3-7(10(8)12)9-5-2-6-13-9/h1-6H,12H2. The van der Waals surface area contributed by atoms with Gasteiger partial charge in [0.1, 0.15) is 5.76 Å². The summed E-state index contributed by atoms with van der Waals surface area (Å²) in [6.07, 6.45) is 1.61. The van der Waals surface area contributed by atoms with E-state index in [4.69, 9.17) is 21.8 Å². The van der Waals surface area contributed by atoms with E-state index in [0.717, 1.165) is 11.3 Å². The summed E-state index contributed by atoms with van der Waals surface area (Å²) < 4.78 is 5.22. The summed E-state index contributed by atoms with van der Waals surface area (Å²) >= 11 is 5.86. The SMILES string of the molecule is Nc1c(Cl)cccc1-c1ccco1. The van der Waals surface area contributed by atoms with E-state index in [2.05, 4.69) is 0 Å². The molecule has 0 aliphatic heterocycles. The number of nitrogen functional groups attached to an aromatic ring is 1. The number of halogens is 1. The minimum Gasteiger partial charge on any atom is -0.464 e. The van der Waals surface area contributed by atoms with E-state index in [9.17, 15) is 0 Å². The molecule has 0 radical (unpaired) electrons. The van der Waals surface area contributed by atoms with Gasteiger partial charge in [-0.05, 0) is 24.3 Å². The van der Waals surface area contributed by atoms with Gasteiger partial charge < -0.3 is 10.2 Å². The largest absolute Gasteiger partial charge is 0.464 e. The lowest BCUT2D eigenvalue weighted by atomic mass is 10.1. The lowest BCUT2D eigenvalue weighted by molar-refractivity contribution is 0.582. The molecule has 0 fully saturated rings. The zero-order valence-corrected chi connectivity index (χ0v) is 7.58. The van der Waals surface area contributed by atoms with Crippen LogP contribution in [0.4, 0.5) is 5.69 Å². The van der Waals surface area contributed by atoms with E-state index >= 15 is 0 Å². The van der Waals surface area contributed by atoms with Crippen LogP contribution >= 0.6 is 11.6 Å². The van der Waals surface area contributed by atoms with Gasteiger partial charge in [0.25, 0.3) is 0 Å². The van der Waals surface area contributed by atoms with Gasteiger partial charge in [-0.3, -0.25) is 0 Å². The molecule has 2 rings (SSSR count). The highest BCUT2D eigenvalue weighted by atomic mass is 35.5. The molecule has 0 amide bonds. The van der Waals surface area contributed by atoms with Crippen molar-refractivity contribution in [2.75, 3.05) is 5.73 Å². The first-order valence-corrected chi connectivity index (χ1v) is 4.24. The molecule has 2 N–H and O–H groups in total. The van der Waals surface area contributed by atoms with Gasteiger partial charge in [-0.2, -0.15) is 0 Å². The van der Waals surface area contributed by atoms with Crippen molar-refractivity contribution in [2.24, 2.45) is 0 Å². The number of nitrogens with two attached hydrogens (primary N) is 1. The third-order valence-corrected chi connectivity index (χ3v) is 2.17. The number of benzene rings is 1. The molecule has 0 unspecified atom stereocenters. The molecule has 13 heavy (non-hydrogen) atoms. The van der Waals surface area contributed by atoms with Crippen molar-refractivity contribution in [1.82, 2.24) is 0 Å². The highest BCUT2D eigenvalue weighted by Gasteiger charge is 2.06. The van der Waals surface area contributed by atoms with Gasteiger partial charge in [0.05, 0.1) is 17.0 Å². The van der Waals surface area contributed by atoms with Gasteiger partial charge in [0, 0.05) is 5.56 Å². The van der Waals surface area contributed by atoms with Crippen LogP contribution in [0.3, 0.4) is 0 Å². The minimum absolute atomic E-state index is 0.550. The van der Waals surface area contributed by atoms with Gasteiger partial charge in [-0.15, -0.1) is 0 Å². The molecule has 66 valence electrons. The van der Waals surface area contributed by atoms with Crippen LogP contribution in [-0.2, 0) is 0 Å². The Morgan fingerprint density at radius 1 is 1.15 bits per heavy atom. The minimum atomic E-state index is 0.550. The van der Waals surface area contributed by atoms with E-state index in [0.29, 0.717) is 10.7 Å². The molecule has 0 spiro atoms. The molecule has 3 heteroatoms.